The molecule has 0 saturated heterocycles. The molecular weight excluding hydrogens is 152 g/mol. The van der Waals surface area contributed by atoms with Gasteiger partial charge in [0.2, 0.25) is 0 Å². The third-order valence-corrected chi connectivity index (χ3v) is 1.52. The Morgan fingerprint density at radius 2 is 2.58 bits per heavy atom. The lowest BCUT2D eigenvalue weighted by molar-refractivity contribution is 0.626. The number of hydrogen-bond donors (Lipinski definition) is 1. The molecule has 64 valence electrons. The zero-order chi connectivity index (χ0) is 8.81. The Morgan fingerprint density at radius 3 is 3.25 bits per heavy atom. The lowest BCUT2D eigenvalue weighted by atomic mass is 10.4. The van der Waals surface area contributed by atoms with Gasteiger partial charge in [0.15, 0.2) is 0 Å². The highest BCUT2D eigenvalue weighted by Crippen LogP contribution is 1.97. The van der Waals surface area contributed by atoms with Gasteiger partial charge in [0.25, 0.3) is 0 Å². The van der Waals surface area contributed by atoms with Crippen LogP contribution in [0, 0.1) is 11.3 Å². The van der Waals surface area contributed by atoms with E-state index in [0.717, 1.165) is 12.1 Å². The fourth-order valence-corrected chi connectivity index (χ4v) is 0.989. The van der Waals surface area contributed by atoms with Crippen molar-refractivity contribution in [1.82, 2.24) is 15.1 Å². The summed E-state index contributed by atoms with van der Waals surface area (Å²) in [5.41, 5.74) is 1.15. The highest BCUT2D eigenvalue weighted by Gasteiger charge is 1.95. The first-order valence-electron chi connectivity index (χ1n) is 3.89. The highest BCUT2D eigenvalue weighted by molar-refractivity contribution is 5.03. The van der Waals surface area contributed by atoms with Crippen LogP contribution >= 0.6 is 0 Å². The molecule has 0 amide bonds. The van der Waals surface area contributed by atoms with Crippen LogP contribution in [0.3, 0.4) is 0 Å². The van der Waals surface area contributed by atoms with E-state index in [1.54, 1.807) is 4.68 Å². The molecule has 1 aromatic heterocycles. The van der Waals surface area contributed by atoms with Gasteiger partial charge in [0.05, 0.1) is 25.2 Å². The Balaban J connectivity index is 2.47. The molecule has 0 radical (unpaired) electrons. The zero-order valence-corrected chi connectivity index (χ0v) is 7.12. The number of aryl methyl sites for hydroxylation is 1. The van der Waals surface area contributed by atoms with Gasteiger partial charge in [-0.1, -0.05) is 0 Å². The first kappa shape index (κ1) is 8.75. The van der Waals surface area contributed by atoms with Crippen molar-refractivity contribution in [3.8, 4) is 6.07 Å². The fraction of sp³-hybridized carbons (Fsp3) is 0.500. The van der Waals surface area contributed by atoms with E-state index in [0.29, 0.717) is 13.0 Å². The minimum Gasteiger partial charge on any atom is -0.316 e. The predicted molar refractivity (Wildman–Crippen MR) is 45.2 cm³/mol. The molecule has 0 fully saturated rings. The van der Waals surface area contributed by atoms with Crippen molar-refractivity contribution in [2.75, 3.05) is 7.05 Å². The summed E-state index contributed by atoms with van der Waals surface area (Å²) in [6.45, 7) is 1.51. The maximum atomic E-state index is 8.33. The van der Waals surface area contributed by atoms with Crippen LogP contribution in [0.1, 0.15) is 12.0 Å². The van der Waals surface area contributed by atoms with Crippen molar-refractivity contribution in [2.24, 2.45) is 0 Å². The molecule has 12 heavy (non-hydrogen) atoms. The summed E-state index contributed by atoms with van der Waals surface area (Å²) < 4.78 is 1.79. The maximum absolute atomic E-state index is 8.33. The van der Waals surface area contributed by atoms with Gasteiger partial charge >= 0.3 is 0 Å². The number of nitrogens with zero attached hydrogens (tertiary/aromatic N) is 3. The molecular formula is C8H12N4. The van der Waals surface area contributed by atoms with Crippen molar-refractivity contribution in [3.63, 3.8) is 0 Å². The first-order valence-corrected chi connectivity index (χ1v) is 3.89. The molecule has 0 unspecified atom stereocenters. The second kappa shape index (κ2) is 4.52. The molecule has 1 N–H and O–H groups in total. The Labute approximate surface area is 71.8 Å². The molecule has 0 saturated carbocycles. The van der Waals surface area contributed by atoms with E-state index in [4.69, 9.17) is 5.26 Å². The van der Waals surface area contributed by atoms with Gasteiger partial charge in [-0.15, -0.1) is 0 Å². The SMILES string of the molecule is CNCc1cnn(CCC#N)c1. The van der Waals surface area contributed by atoms with Gasteiger partial charge in [0, 0.05) is 18.3 Å². The standard InChI is InChI=1S/C8H12N4/c1-10-5-8-6-11-12(7-8)4-2-3-9/h6-7,10H,2,4-5H2,1H3. The Morgan fingerprint density at radius 1 is 1.75 bits per heavy atom. The lowest BCUT2D eigenvalue weighted by Gasteiger charge is -1.94. The van der Waals surface area contributed by atoms with Crippen molar-refractivity contribution >= 4 is 0 Å². The van der Waals surface area contributed by atoms with Crippen molar-refractivity contribution < 1.29 is 0 Å². The quantitative estimate of drug-likeness (QED) is 0.705. The number of aromatic nitrogens is 2. The molecule has 0 aliphatic rings. The van der Waals surface area contributed by atoms with Crippen molar-refractivity contribution in [1.29, 1.82) is 5.26 Å². The average molecular weight is 164 g/mol. The topological polar surface area (TPSA) is 53.6 Å². The van der Waals surface area contributed by atoms with E-state index < -0.39 is 0 Å². The summed E-state index contributed by atoms with van der Waals surface area (Å²) in [6, 6.07) is 2.08. The number of hydrogen-bond acceptors (Lipinski definition) is 3. The molecule has 1 rings (SSSR count). The molecule has 4 heteroatoms. The van der Waals surface area contributed by atoms with E-state index in [2.05, 4.69) is 16.5 Å². The summed E-state index contributed by atoms with van der Waals surface area (Å²) >= 11 is 0. The molecule has 1 heterocycles. The Kier molecular flexibility index (Phi) is 3.30. The van der Waals surface area contributed by atoms with Gasteiger partial charge in [-0.05, 0) is 7.05 Å². The van der Waals surface area contributed by atoms with E-state index in [1.165, 1.54) is 0 Å². The summed E-state index contributed by atoms with van der Waals surface area (Å²) in [5.74, 6) is 0. The summed E-state index contributed by atoms with van der Waals surface area (Å²) in [4.78, 5) is 0. The van der Waals surface area contributed by atoms with Gasteiger partial charge in [0.1, 0.15) is 0 Å². The second-order valence-corrected chi connectivity index (χ2v) is 2.55. The average Bonchev–Trinajstić information content (AvgIpc) is 2.50. The van der Waals surface area contributed by atoms with Crippen LogP contribution in [-0.4, -0.2) is 16.8 Å². The third kappa shape index (κ3) is 2.36. The summed E-state index contributed by atoms with van der Waals surface area (Å²) in [6.07, 6.45) is 4.28. The zero-order valence-electron chi connectivity index (χ0n) is 7.12. The van der Waals surface area contributed by atoms with Gasteiger partial charge < -0.3 is 5.32 Å². The van der Waals surface area contributed by atoms with E-state index in [-0.39, 0.29) is 0 Å². The van der Waals surface area contributed by atoms with Crippen molar-refractivity contribution in [2.45, 2.75) is 19.5 Å². The lowest BCUT2D eigenvalue weighted by Crippen LogP contribution is -2.04. The van der Waals surface area contributed by atoms with E-state index in [1.807, 2.05) is 19.4 Å². The van der Waals surface area contributed by atoms with E-state index >= 15 is 0 Å². The van der Waals surface area contributed by atoms with Crippen LogP contribution < -0.4 is 5.32 Å². The monoisotopic (exact) mass is 164 g/mol. The second-order valence-electron chi connectivity index (χ2n) is 2.55. The predicted octanol–water partition coefficient (Wildman–Crippen LogP) is 0.516. The van der Waals surface area contributed by atoms with Crippen LogP contribution in [0.25, 0.3) is 0 Å². The minimum atomic E-state index is 0.515. The smallest absolute Gasteiger partial charge is 0.0641 e. The molecule has 0 aliphatic carbocycles. The molecule has 0 aromatic carbocycles. The minimum absolute atomic E-state index is 0.515. The normalized spacial score (nSPS) is 9.67. The summed E-state index contributed by atoms with van der Waals surface area (Å²) in [7, 11) is 1.90. The van der Waals surface area contributed by atoms with Crippen LogP contribution in [0.5, 0.6) is 0 Å². The van der Waals surface area contributed by atoms with Crippen LogP contribution in [0.15, 0.2) is 12.4 Å². The molecule has 4 nitrogen and oxygen atoms in total. The molecule has 0 aliphatic heterocycles. The molecule has 0 atom stereocenters. The number of nitriles is 1. The third-order valence-electron chi connectivity index (χ3n) is 1.52. The van der Waals surface area contributed by atoms with Crippen molar-refractivity contribution in [3.05, 3.63) is 18.0 Å². The first-order chi connectivity index (χ1) is 5.86. The van der Waals surface area contributed by atoms with E-state index in [9.17, 15) is 0 Å². The molecule has 1 aromatic rings. The van der Waals surface area contributed by atoms with Gasteiger partial charge in [-0.25, -0.2) is 0 Å². The maximum Gasteiger partial charge on any atom is 0.0641 e. The molecule has 0 spiro atoms. The Hall–Kier alpha value is -1.34. The van der Waals surface area contributed by atoms with Gasteiger partial charge in [-0.3, -0.25) is 4.68 Å². The number of nitrogens with one attached hydrogen (secondary N) is 1. The Bertz CT molecular complexity index is 271. The fourth-order valence-electron chi connectivity index (χ4n) is 0.989. The number of rotatable bonds is 4. The largest absolute Gasteiger partial charge is 0.316 e. The molecule has 0 bridgehead atoms. The van der Waals surface area contributed by atoms with Crippen LogP contribution in [0.4, 0.5) is 0 Å². The van der Waals surface area contributed by atoms with Crippen LogP contribution in [-0.2, 0) is 13.1 Å². The summed E-state index contributed by atoms with van der Waals surface area (Å²) in [5, 5.41) is 15.5. The van der Waals surface area contributed by atoms with Gasteiger partial charge in [-0.2, -0.15) is 10.4 Å². The van der Waals surface area contributed by atoms with Crippen LogP contribution in [0.2, 0.25) is 0 Å². The highest BCUT2D eigenvalue weighted by atomic mass is 15.3.